The molecule has 4 rings (SSSR count). The van der Waals surface area contributed by atoms with Crippen LogP contribution in [0.3, 0.4) is 0 Å². The quantitative estimate of drug-likeness (QED) is 0.641. The zero-order valence-corrected chi connectivity index (χ0v) is 18.8. The maximum Gasteiger partial charge on any atom is 0.221 e. The topological polar surface area (TPSA) is 81.8 Å². The Hall–Kier alpha value is -1.48. The number of hydrogen-bond donors (Lipinski definition) is 2. The van der Waals surface area contributed by atoms with Crippen LogP contribution in [0.2, 0.25) is 0 Å². The summed E-state index contributed by atoms with van der Waals surface area (Å²) in [6.45, 7) is 4.32. The highest BCUT2D eigenvalue weighted by atomic mass is 32.2. The molecule has 3 fully saturated rings. The first-order chi connectivity index (χ1) is 14.4. The van der Waals surface area contributed by atoms with Gasteiger partial charge in [0, 0.05) is 57.6 Å². The molecule has 2 N–H and O–H groups in total. The molecular weight excluding hydrogens is 400 g/mol. The number of likely N-dealkylation sites (tertiary alicyclic amines) is 1. The molecule has 166 valence electrons. The van der Waals surface area contributed by atoms with E-state index >= 15 is 0 Å². The van der Waals surface area contributed by atoms with Gasteiger partial charge in [0.25, 0.3) is 0 Å². The number of rotatable bonds is 8. The van der Waals surface area contributed by atoms with E-state index in [1.165, 1.54) is 16.3 Å². The van der Waals surface area contributed by atoms with E-state index in [2.05, 4.69) is 45.9 Å². The Morgan fingerprint density at radius 1 is 1.17 bits per heavy atom. The van der Waals surface area contributed by atoms with Gasteiger partial charge in [0.05, 0.1) is 11.3 Å². The Balaban J connectivity index is 1.32. The lowest BCUT2D eigenvalue weighted by molar-refractivity contribution is -0.127. The minimum Gasteiger partial charge on any atom is -0.359 e. The third-order valence-corrected chi connectivity index (χ3v) is 8.88. The molecule has 30 heavy (non-hydrogen) atoms. The first kappa shape index (κ1) is 21.7. The second-order valence-corrected chi connectivity index (χ2v) is 11.3. The lowest BCUT2D eigenvalue weighted by Crippen LogP contribution is -2.73. The first-order valence-corrected chi connectivity index (χ1v) is 12.7. The highest BCUT2D eigenvalue weighted by molar-refractivity contribution is 7.89. The van der Waals surface area contributed by atoms with E-state index in [0.717, 1.165) is 25.9 Å². The number of piperidine rings is 1. The summed E-state index contributed by atoms with van der Waals surface area (Å²) in [7, 11) is -1.56. The fourth-order valence-corrected chi connectivity index (χ4v) is 6.31. The summed E-state index contributed by atoms with van der Waals surface area (Å²) in [5.41, 5.74) is 1.06. The Morgan fingerprint density at radius 3 is 2.43 bits per heavy atom. The lowest BCUT2D eigenvalue weighted by atomic mass is 9.84. The normalized spacial score (nSPS) is 27.4. The third-order valence-electron chi connectivity index (χ3n) is 7.10. The zero-order chi connectivity index (χ0) is 21.4. The molecule has 2 saturated heterocycles. The van der Waals surface area contributed by atoms with Crippen LogP contribution in [-0.4, -0.2) is 80.1 Å². The van der Waals surface area contributed by atoms with Crippen molar-refractivity contribution in [2.24, 2.45) is 0 Å². The van der Waals surface area contributed by atoms with Gasteiger partial charge in [-0.15, -0.1) is 0 Å². The average Bonchev–Trinajstić information content (AvgIpc) is 3.50. The van der Waals surface area contributed by atoms with Crippen molar-refractivity contribution in [1.82, 2.24) is 19.8 Å². The van der Waals surface area contributed by atoms with Gasteiger partial charge in [0.2, 0.25) is 15.9 Å². The molecule has 2 aliphatic heterocycles. The summed E-state index contributed by atoms with van der Waals surface area (Å²) in [5.74, 6) is 0.717. The number of nitrogens with one attached hydrogen (secondary N) is 2. The van der Waals surface area contributed by atoms with Gasteiger partial charge in [0.1, 0.15) is 0 Å². The SMILES string of the molecule is CCS(=O)(=O)N1CC(CC(=O)NC)(N2CCC(N[C@@H]3C[C@H]3c3ccccc3)CC2)C1. The van der Waals surface area contributed by atoms with Gasteiger partial charge >= 0.3 is 0 Å². The monoisotopic (exact) mass is 434 g/mol. The number of amides is 1. The predicted molar refractivity (Wildman–Crippen MR) is 118 cm³/mol. The van der Waals surface area contributed by atoms with Crippen LogP contribution in [0, 0.1) is 0 Å². The van der Waals surface area contributed by atoms with Gasteiger partial charge in [0.15, 0.2) is 0 Å². The molecular formula is C22H34N4O3S. The number of hydrogen-bond acceptors (Lipinski definition) is 5. The largest absolute Gasteiger partial charge is 0.359 e. The molecule has 2 atom stereocenters. The maximum atomic E-state index is 12.2. The summed E-state index contributed by atoms with van der Waals surface area (Å²) in [6, 6.07) is 11.8. The van der Waals surface area contributed by atoms with Gasteiger partial charge in [-0.05, 0) is 31.7 Å². The van der Waals surface area contributed by atoms with Gasteiger partial charge in [-0.25, -0.2) is 8.42 Å². The van der Waals surface area contributed by atoms with Crippen LogP contribution < -0.4 is 10.6 Å². The number of sulfonamides is 1. The number of nitrogens with zero attached hydrogens (tertiary/aromatic N) is 2. The summed E-state index contributed by atoms with van der Waals surface area (Å²) in [4.78, 5) is 14.5. The fourth-order valence-electron chi connectivity index (χ4n) is 5.07. The zero-order valence-electron chi connectivity index (χ0n) is 18.0. The van der Waals surface area contributed by atoms with Crippen LogP contribution in [-0.2, 0) is 14.8 Å². The molecule has 0 radical (unpaired) electrons. The molecule has 2 heterocycles. The first-order valence-electron chi connectivity index (χ1n) is 11.1. The van der Waals surface area contributed by atoms with E-state index in [4.69, 9.17) is 0 Å². The van der Waals surface area contributed by atoms with E-state index < -0.39 is 10.0 Å². The smallest absolute Gasteiger partial charge is 0.221 e. The second-order valence-electron chi connectivity index (χ2n) is 9.03. The third kappa shape index (κ3) is 4.42. The molecule has 0 unspecified atom stereocenters. The van der Waals surface area contributed by atoms with Gasteiger partial charge in [-0.2, -0.15) is 4.31 Å². The molecule has 3 aliphatic rings. The van der Waals surface area contributed by atoms with Crippen LogP contribution in [0.4, 0.5) is 0 Å². The Labute approximate surface area is 180 Å². The van der Waals surface area contributed by atoms with Crippen molar-refractivity contribution in [1.29, 1.82) is 0 Å². The molecule has 1 saturated carbocycles. The van der Waals surface area contributed by atoms with Gasteiger partial charge < -0.3 is 10.6 Å². The van der Waals surface area contributed by atoms with E-state index in [0.29, 0.717) is 37.5 Å². The van der Waals surface area contributed by atoms with Crippen molar-refractivity contribution in [3.05, 3.63) is 35.9 Å². The molecule has 0 spiro atoms. The van der Waals surface area contributed by atoms with Crippen molar-refractivity contribution in [3.8, 4) is 0 Å². The van der Waals surface area contributed by atoms with E-state index in [-0.39, 0.29) is 17.2 Å². The molecule has 0 bridgehead atoms. The lowest BCUT2D eigenvalue weighted by Gasteiger charge is -2.56. The van der Waals surface area contributed by atoms with Crippen LogP contribution in [0.5, 0.6) is 0 Å². The number of carbonyl (C=O) groups is 1. The minimum absolute atomic E-state index is 0.0209. The summed E-state index contributed by atoms with van der Waals surface area (Å²) < 4.78 is 26.0. The molecule has 7 nitrogen and oxygen atoms in total. The minimum atomic E-state index is -3.20. The van der Waals surface area contributed by atoms with Gasteiger partial charge in [-0.1, -0.05) is 30.3 Å². The molecule has 1 aliphatic carbocycles. The van der Waals surface area contributed by atoms with Crippen molar-refractivity contribution < 1.29 is 13.2 Å². The van der Waals surface area contributed by atoms with Crippen molar-refractivity contribution in [2.45, 2.75) is 56.1 Å². The number of carbonyl (C=O) groups excluding carboxylic acids is 1. The predicted octanol–water partition coefficient (Wildman–Crippen LogP) is 1.14. The molecule has 1 amide bonds. The average molecular weight is 435 g/mol. The highest BCUT2D eigenvalue weighted by Crippen LogP contribution is 2.42. The molecule has 1 aromatic carbocycles. The Bertz CT molecular complexity index is 846. The van der Waals surface area contributed by atoms with E-state index in [1.54, 1.807) is 14.0 Å². The molecule has 8 heteroatoms. The van der Waals surface area contributed by atoms with Gasteiger partial charge in [-0.3, -0.25) is 9.69 Å². The standard InChI is InChI=1S/C22H34N4O3S/c1-3-30(28,29)26-15-22(16-26,14-21(27)23-2)25-11-9-18(10-12-25)24-20-13-19(20)17-7-5-4-6-8-17/h4-8,18-20,24H,3,9-16H2,1-2H3,(H,23,27)/t19-,20+/m0/s1. The van der Waals surface area contributed by atoms with E-state index in [9.17, 15) is 13.2 Å². The van der Waals surface area contributed by atoms with Crippen LogP contribution in [0.25, 0.3) is 0 Å². The Morgan fingerprint density at radius 2 is 1.83 bits per heavy atom. The maximum absolute atomic E-state index is 12.2. The van der Waals surface area contributed by atoms with Crippen LogP contribution in [0.1, 0.15) is 44.1 Å². The van der Waals surface area contributed by atoms with Crippen molar-refractivity contribution >= 4 is 15.9 Å². The van der Waals surface area contributed by atoms with E-state index in [1.807, 2.05) is 0 Å². The van der Waals surface area contributed by atoms with Crippen LogP contribution >= 0.6 is 0 Å². The second kappa shape index (κ2) is 8.57. The summed E-state index contributed by atoms with van der Waals surface area (Å²) in [6.07, 6.45) is 3.63. The summed E-state index contributed by atoms with van der Waals surface area (Å²) >= 11 is 0. The molecule has 0 aromatic heterocycles. The number of benzene rings is 1. The van der Waals surface area contributed by atoms with Crippen molar-refractivity contribution in [2.75, 3.05) is 39.0 Å². The highest BCUT2D eigenvalue weighted by Gasteiger charge is 2.53. The molecule has 1 aromatic rings. The van der Waals surface area contributed by atoms with Crippen molar-refractivity contribution in [3.63, 3.8) is 0 Å². The Kier molecular flexibility index (Phi) is 6.21. The van der Waals surface area contributed by atoms with Crippen LogP contribution in [0.15, 0.2) is 30.3 Å². The fraction of sp³-hybridized carbons (Fsp3) is 0.682. The summed E-state index contributed by atoms with van der Waals surface area (Å²) in [5, 5.41) is 6.54.